The van der Waals surface area contributed by atoms with Gasteiger partial charge in [0.25, 0.3) is 0 Å². The zero-order chi connectivity index (χ0) is 14.9. The maximum atomic E-state index is 13.2. The molecular formula is C12H13ClF6N2. The lowest BCUT2D eigenvalue weighted by atomic mass is 10.0. The van der Waals surface area contributed by atoms with Crippen molar-refractivity contribution in [2.45, 2.75) is 12.2 Å². The van der Waals surface area contributed by atoms with Gasteiger partial charge in [-0.3, -0.25) is 4.90 Å². The smallest absolute Gasteiger partial charge is 0.314 e. The van der Waals surface area contributed by atoms with Crippen molar-refractivity contribution in [3.63, 3.8) is 0 Å². The summed E-state index contributed by atoms with van der Waals surface area (Å²) in [6.45, 7) is 0.868. The molecule has 0 unspecified atom stereocenters. The predicted octanol–water partition coefficient (Wildman–Crippen LogP) is 3.03. The second-order valence-corrected chi connectivity index (χ2v) is 4.53. The Morgan fingerprint density at radius 3 is 1.90 bits per heavy atom. The maximum Gasteiger partial charge on any atom is 0.408 e. The first kappa shape index (κ1) is 18.1. The SMILES string of the molecule is Cl.Fc1cc([C@H](N2CCNCC2)C(F)(F)F)cc(F)c1F. The van der Waals surface area contributed by atoms with Gasteiger partial charge in [-0.2, -0.15) is 13.2 Å². The minimum Gasteiger partial charge on any atom is -0.314 e. The van der Waals surface area contributed by atoms with Crippen LogP contribution in [0.4, 0.5) is 26.3 Å². The van der Waals surface area contributed by atoms with E-state index in [4.69, 9.17) is 0 Å². The second kappa shape index (κ2) is 6.85. The van der Waals surface area contributed by atoms with Crippen LogP contribution >= 0.6 is 12.4 Å². The quantitative estimate of drug-likeness (QED) is 0.660. The van der Waals surface area contributed by atoms with Crippen LogP contribution in [0.25, 0.3) is 0 Å². The highest BCUT2D eigenvalue weighted by atomic mass is 35.5. The van der Waals surface area contributed by atoms with E-state index in [1.165, 1.54) is 0 Å². The van der Waals surface area contributed by atoms with Crippen molar-refractivity contribution in [3.05, 3.63) is 35.1 Å². The van der Waals surface area contributed by atoms with E-state index in [9.17, 15) is 26.3 Å². The van der Waals surface area contributed by atoms with Gasteiger partial charge in [-0.25, -0.2) is 13.2 Å². The van der Waals surface area contributed by atoms with Gasteiger partial charge in [0.15, 0.2) is 17.5 Å². The van der Waals surface area contributed by atoms with Gasteiger partial charge in [0, 0.05) is 26.2 Å². The van der Waals surface area contributed by atoms with Crippen LogP contribution in [0.1, 0.15) is 11.6 Å². The summed E-state index contributed by atoms with van der Waals surface area (Å²) in [7, 11) is 0. The number of nitrogens with one attached hydrogen (secondary N) is 1. The molecule has 2 rings (SSSR count). The molecule has 0 aliphatic carbocycles. The van der Waals surface area contributed by atoms with Crippen LogP contribution in [0.5, 0.6) is 0 Å². The first-order chi connectivity index (χ1) is 9.30. The molecule has 0 saturated carbocycles. The molecule has 0 radical (unpaired) electrons. The molecule has 120 valence electrons. The molecule has 1 aromatic carbocycles. The van der Waals surface area contributed by atoms with Crippen molar-refractivity contribution in [3.8, 4) is 0 Å². The summed E-state index contributed by atoms with van der Waals surface area (Å²) in [4.78, 5) is 1.07. The summed E-state index contributed by atoms with van der Waals surface area (Å²) < 4.78 is 78.6. The number of benzene rings is 1. The number of rotatable bonds is 2. The van der Waals surface area contributed by atoms with Gasteiger partial charge < -0.3 is 5.32 Å². The molecule has 0 aromatic heterocycles. The average Bonchev–Trinajstić information content (AvgIpc) is 2.35. The zero-order valence-corrected chi connectivity index (χ0v) is 11.5. The third-order valence-electron chi connectivity index (χ3n) is 3.15. The fraction of sp³-hybridized carbons (Fsp3) is 0.500. The molecule has 1 atom stereocenters. The maximum absolute atomic E-state index is 13.2. The Kier molecular flexibility index (Phi) is 5.89. The Labute approximate surface area is 123 Å². The third-order valence-corrected chi connectivity index (χ3v) is 3.15. The number of hydrogen-bond donors (Lipinski definition) is 1. The van der Waals surface area contributed by atoms with Crippen molar-refractivity contribution in [2.75, 3.05) is 26.2 Å². The van der Waals surface area contributed by atoms with Crippen LogP contribution < -0.4 is 5.32 Å². The summed E-state index contributed by atoms with van der Waals surface area (Å²) in [6.07, 6.45) is -4.70. The highest BCUT2D eigenvalue weighted by Crippen LogP contribution is 2.38. The van der Waals surface area contributed by atoms with Crippen LogP contribution in [0, 0.1) is 17.5 Å². The van der Waals surface area contributed by atoms with E-state index in [-0.39, 0.29) is 25.5 Å². The lowest BCUT2D eigenvalue weighted by Gasteiger charge is -2.36. The topological polar surface area (TPSA) is 15.3 Å². The number of hydrogen-bond acceptors (Lipinski definition) is 2. The van der Waals surface area contributed by atoms with E-state index in [1.54, 1.807) is 0 Å². The standard InChI is InChI=1S/C12H12F6N2.ClH/c13-8-5-7(6-9(14)10(8)15)11(12(16,17)18)20-3-1-19-2-4-20;/h5-6,11,19H,1-4H2;1H/t11-;/m0./s1. The minimum absolute atomic E-state index is 0. The van der Waals surface area contributed by atoms with E-state index in [0.717, 1.165) is 4.90 Å². The summed E-state index contributed by atoms with van der Waals surface area (Å²) in [5.41, 5.74) is -0.629. The number of alkyl halides is 3. The molecule has 0 bridgehead atoms. The van der Waals surface area contributed by atoms with E-state index < -0.39 is 35.2 Å². The van der Waals surface area contributed by atoms with Crippen molar-refractivity contribution >= 4 is 12.4 Å². The van der Waals surface area contributed by atoms with Crippen LogP contribution in [-0.2, 0) is 0 Å². The summed E-state index contributed by atoms with van der Waals surface area (Å²) in [5.74, 6) is -5.01. The molecule has 2 nitrogen and oxygen atoms in total. The normalized spacial score (nSPS) is 18.2. The lowest BCUT2D eigenvalue weighted by Crippen LogP contribution is -2.49. The van der Waals surface area contributed by atoms with Gasteiger partial charge in [-0.05, 0) is 17.7 Å². The molecule has 1 N–H and O–H groups in total. The molecule has 9 heteroatoms. The van der Waals surface area contributed by atoms with Crippen LogP contribution in [0.2, 0.25) is 0 Å². The van der Waals surface area contributed by atoms with E-state index in [0.29, 0.717) is 25.2 Å². The molecule has 1 aromatic rings. The molecule has 21 heavy (non-hydrogen) atoms. The highest BCUT2D eigenvalue weighted by Gasteiger charge is 2.45. The molecule has 1 heterocycles. The molecular weight excluding hydrogens is 322 g/mol. The Morgan fingerprint density at radius 1 is 1.00 bits per heavy atom. The Balaban J connectivity index is 0.00000220. The van der Waals surface area contributed by atoms with Gasteiger partial charge >= 0.3 is 6.18 Å². The van der Waals surface area contributed by atoms with E-state index >= 15 is 0 Å². The number of nitrogens with zero attached hydrogens (tertiary/aromatic N) is 1. The number of piperazine rings is 1. The van der Waals surface area contributed by atoms with Crippen molar-refractivity contribution in [1.82, 2.24) is 10.2 Å². The Morgan fingerprint density at radius 2 is 1.48 bits per heavy atom. The number of halogens is 7. The predicted molar refractivity (Wildman–Crippen MR) is 66.8 cm³/mol. The Bertz CT molecular complexity index is 464. The van der Waals surface area contributed by atoms with Gasteiger partial charge in [0.2, 0.25) is 0 Å². The van der Waals surface area contributed by atoms with Crippen LogP contribution in [0.15, 0.2) is 12.1 Å². The van der Waals surface area contributed by atoms with E-state index in [1.807, 2.05) is 0 Å². The van der Waals surface area contributed by atoms with Crippen molar-refractivity contribution in [2.24, 2.45) is 0 Å². The van der Waals surface area contributed by atoms with Crippen LogP contribution in [-0.4, -0.2) is 37.3 Å². The molecule has 1 fully saturated rings. The van der Waals surface area contributed by atoms with Crippen molar-refractivity contribution < 1.29 is 26.3 Å². The van der Waals surface area contributed by atoms with Gasteiger partial charge in [0.05, 0.1) is 0 Å². The van der Waals surface area contributed by atoms with Gasteiger partial charge in [0.1, 0.15) is 6.04 Å². The first-order valence-corrected chi connectivity index (χ1v) is 5.96. The van der Waals surface area contributed by atoms with Crippen molar-refractivity contribution in [1.29, 1.82) is 0 Å². The fourth-order valence-corrected chi connectivity index (χ4v) is 2.28. The van der Waals surface area contributed by atoms with Crippen LogP contribution in [0.3, 0.4) is 0 Å². The summed E-state index contributed by atoms with van der Waals surface area (Å²) >= 11 is 0. The molecule has 1 aliphatic rings. The summed E-state index contributed by atoms with van der Waals surface area (Å²) in [6, 6.07) is -1.34. The Hall–Kier alpha value is -0.990. The minimum atomic E-state index is -4.70. The first-order valence-electron chi connectivity index (χ1n) is 5.96. The fourth-order valence-electron chi connectivity index (χ4n) is 2.28. The zero-order valence-electron chi connectivity index (χ0n) is 10.7. The van der Waals surface area contributed by atoms with Gasteiger partial charge in [-0.1, -0.05) is 0 Å². The van der Waals surface area contributed by atoms with E-state index in [2.05, 4.69) is 5.32 Å². The molecule has 0 spiro atoms. The third kappa shape index (κ3) is 4.02. The molecule has 1 saturated heterocycles. The largest absolute Gasteiger partial charge is 0.408 e. The lowest BCUT2D eigenvalue weighted by molar-refractivity contribution is -0.188. The second-order valence-electron chi connectivity index (χ2n) is 4.53. The molecule has 1 aliphatic heterocycles. The summed E-state index contributed by atoms with van der Waals surface area (Å²) in [5, 5.41) is 2.89. The highest BCUT2D eigenvalue weighted by molar-refractivity contribution is 5.85. The monoisotopic (exact) mass is 334 g/mol. The molecule has 0 amide bonds. The average molecular weight is 335 g/mol. The van der Waals surface area contributed by atoms with Gasteiger partial charge in [-0.15, -0.1) is 12.4 Å².